The van der Waals surface area contributed by atoms with Crippen LogP contribution in [0.3, 0.4) is 0 Å². The maximum atomic E-state index is 3.23. The molecule has 0 saturated heterocycles. The van der Waals surface area contributed by atoms with Crippen LogP contribution in [0.15, 0.2) is 0 Å². The van der Waals surface area contributed by atoms with Crippen molar-refractivity contribution in [2.24, 2.45) is 0 Å². The predicted molar refractivity (Wildman–Crippen MR) is 37.4 cm³/mol. The quantitative estimate of drug-likeness (QED) is 0.466. The summed E-state index contributed by atoms with van der Waals surface area (Å²) >= 11 is 1.81. The summed E-state index contributed by atoms with van der Waals surface area (Å²) < 4.78 is 0. The normalized spacial score (nSPS) is 8.78. The van der Waals surface area contributed by atoms with Gasteiger partial charge in [0.25, 0.3) is 0 Å². The van der Waals surface area contributed by atoms with Gasteiger partial charge in [0.2, 0.25) is 0 Å². The van der Waals surface area contributed by atoms with Gasteiger partial charge < -0.3 is 0 Å². The number of rotatable bonds is 0. The molecule has 50 valence electrons. The summed E-state index contributed by atoms with van der Waals surface area (Å²) in [6.07, 6.45) is 0. The van der Waals surface area contributed by atoms with E-state index in [1.807, 2.05) is 11.3 Å². The minimum atomic E-state index is 0. The van der Waals surface area contributed by atoms with Gasteiger partial charge in [-0.1, -0.05) is 13.8 Å². The second kappa shape index (κ2) is 3.53. The molecule has 0 amide bonds. The molecule has 1 aromatic rings. The second-order valence-corrected chi connectivity index (χ2v) is 3.39. The van der Waals surface area contributed by atoms with E-state index in [1.165, 1.54) is 15.3 Å². The Bertz CT molecular complexity index is 171. The summed E-state index contributed by atoms with van der Waals surface area (Å²) in [5.74, 6) is 0. The molecule has 0 atom stereocenters. The number of aryl methyl sites for hydroxylation is 3. The van der Waals surface area contributed by atoms with E-state index in [0.29, 0.717) is 0 Å². The minimum Gasteiger partial charge on any atom is -0.267 e. The van der Waals surface area contributed by atoms with E-state index in [2.05, 4.69) is 26.8 Å². The smallest absolute Gasteiger partial charge is 0 e. The maximum Gasteiger partial charge on any atom is 0 e. The average molecular weight is 221 g/mol. The molecule has 9 heavy (non-hydrogen) atoms. The Morgan fingerprint density at radius 3 is 1.89 bits per heavy atom. The minimum absolute atomic E-state index is 0. The van der Waals surface area contributed by atoms with Crippen molar-refractivity contribution in [1.29, 1.82) is 0 Å². The fourth-order valence-electron chi connectivity index (χ4n) is 0.684. The Kier molecular flexibility index (Phi) is 3.68. The molecule has 1 heterocycles. The van der Waals surface area contributed by atoms with E-state index in [1.54, 1.807) is 0 Å². The van der Waals surface area contributed by atoms with E-state index in [-0.39, 0.29) is 21.1 Å². The summed E-state index contributed by atoms with van der Waals surface area (Å²) in [4.78, 5) is 2.68. The molecular formula is C7H9MoS-. The molecule has 0 nitrogen and oxygen atoms in total. The van der Waals surface area contributed by atoms with Crippen LogP contribution >= 0.6 is 11.3 Å². The van der Waals surface area contributed by atoms with Crippen molar-refractivity contribution in [2.75, 3.05) is 0 Å². The topological polar surface area (TPSA) is 0 Å². The third-order valence-electron chi connectivity index (χ3n) is 1.20. The fourth-order valence-corrected chi connectivity index (χ4v) is 1.55. The first-order chi connectivity index (χ1) is 3.70. The Balaban J connectivity index is 0.000000640. The summed E-state index contributed by atoms with van der Waals surface area (Å²) in [5.41, 5.74) is 1.30. The van der Waals surface area contributed by atoms with Gasteiger partial charge in [0, 0.05) is 21.1 Å². The second-order valence-electron chi connectivity index (χ2n) is 1.96. The third-order valence-corrected chi connectivity index (χ3v) is 2.22. The van der Waals surface area contributed by atoms with Crippen LogP contribution in [0.4, 0.5) is 0 Å². The van der Waals surface area contributed by atoms with E-state index in [0.717, 1.165) is 0 Å². The molecule has 1 rings (SSSR count). The fraction of sp³-hybridized carbons (Fsp3) is 0.429. The van der Waals surface area contributed by atoms with Crippen molar-refractivity contribution < 1.29 is 21.1 Å². The van der Waals surface area contributed by atoms with Crippen LogP contribution < -0.4 is 0 Å². The largest absolute Gasteiger partial charge is 0.267 e. The van der Waals surface area contributed by atoms with E-state index in [9.17, 15) is 0 Å². The van der Waals surface area contributed by atoms with Gasteiger partial charge in [0.15, 0.2) is 0 Å². The van der Waals surface area contributed by atoms with Crippen molar-refractivity contribution in [1.82, 2.24) is 0 Å². The van der Waals surface area contributed by atoms with E-state index >= 15 is 0 Å². The van der Waals surface area contributed by atoms with Crippen LogP contribution in [0.2, 0.25) is 0 Å². The van der Waals surface area contributed by atoms with Gasteiger partial charge in [-0.05, 0) is 6.92 Å². The Morgan fingerprint density at radius 1 is 1.22 bits per heavy atom. The van der Waals surface area contributed by atoms with Gasteiger partial charge in [-0.15, -0.1) is 9.75 Å². The molecule has 0 N–H and O–H groups in total. The summed E-state index contributed by atoms with van der Waals surface area (Å²) in [6, 6.07) is 3.23. The first-order valence-electron chi connectivity index (χ1n) is 2.66. The van der Waals surface area contributed by atoms with Gasteiger partial charge >= 0.3 is 0 Å². The third kappa shape index (κ3) is 2.23. The zero-order valence-corrected chi connectivity index (χ0v) is 8.64. The molecule has 0 aliphatic rings. The SMILES string of the molecule is Cc1[c-]c(C)c(C)s1.[Mo]. The standard InChI is InChI=1S/C7H9S.Mo/c1-5-4-6(2)8-7(5)3;/h1-3H3;/q-1;. The van der Waals surface area contributed by atoms with Crippen molar-refractivity contribution in [3.05, 3.63) is 21.4 Å². The Labute approximate surface area is 74.6 Å². The Hall–Kier alpha value is 0.388. The van der Waals surface area contributed by atoms with Crippen molar-refractivity contribution in [3.63, 3.8) is 0 Å². The van der Waals surface area contributed by atoms with Crippen molar-refractivity contribution in [2.45, 2.75) is 20.8 Å². The monoisotopic (exact) mass is 223 g/mol. The van der Waals surface area contributed by atoms with Crippen molar-refractivity contribution in [3.8, 4) is 0 Å². The predicted octanol–water partition coefficient (Wildman–Crippen LogP) is 2.47. The molecule has 0 spiro atoms. The van der Waals surface area contributed by atoms with Gasteiger partial charge in [-0.2, -0.15) is 0 Å². The summed E-state index contributed by atoms with van der Waals surface area (Å²) in [6.45, 7) is 6.31. The van der Waals surface area contributed by atoms with E-state index in [4.69, 9.17) is 0 Å². The molecule has 2 heteroatoms. The van der Waals surface area contributed by atoms with E-state index < -0.39 is 0 Å². The van der Waals surface area contributed by atoms with Crippen molar-refractivity contribution >= 4 is 11.3 Å². The summed E-state index contributed by atoms with van der Waals surface area (Å²) in [5, 5.41) is 0. The number of hydrogen-bond donors (Lipinski definition) is 0. The van der Waals surface area contributed by atoms with Gasteiger partial charge in [0.05, 0.1) is 0 Å². The molecule has 0 unspecified atom stereocenters. The van der Waals surface area contributed by atoms with Crippen LogP contribution in [0.1, 0.15) is 15.3 Å². The maximum absolute atomic E-state index is 3.23. The average Bonchev–Trinajstić information content (AvgIpc) is 1.85. The van der Waals surface area contributed by atoms with Crippen LogP contribution in [0.5, 0.6) is 0 Å². The van der Waals surface area contributed by atoms with Gasteiger partial charge in [-0.25, -0.2) is 11.6 Å². The molecule has 0 aliphatic carbocycles. The zero-order chi connectivity index (χ0) is 6.15. The van der Waals surface area contributed by atoms with Crippen LogP contribution in [-0.4, -0.2) is 0 Å². The first-order valence-corrected chi connectivity index (χ1v) is 3.47. The van der Waals surface area contributed by atoms with Gasteiger partial charge in [-0.3, -0.25) is 11.3 Å². The molecule has 0 bridgehead atoms. The molecule has 0 saturated carbocycles. The molecular weight excluding hydrogens is 212 g/mol. The van der Waals surface area contributed by atoms with Crippen LogP contribution in [0.25, 0.3) is 0 Å². The summed E-state index contributed by atoms with van der Waals surface area (Å²) in [7, 11) is 0. The zero-order valence-electron chi connectivity index (χ0n) is 5.82. The first kappa shape index (κ1) is 9.39. The molecule has 0 radical (unpaired) electrons. The van der Waals surface area contributed by atoms with Gasteiger partial charge in [0.1, 0.15) is 0 Å². The Morgan fingerprint density at radius 2 is 1.78 bits per heavy atom. The number of thiophene rings is 1. The van der Waals surface area contributed by atoms with Crippen LogP contribution in [0, 0.1) is 26.8 Å². The van der Waals surface area contributed by atoms with Crippen LogP contribution in [-0.2, 0) is 21.1 Å². The number of hydrogen-bond acceptors (Lipinski definition) is 1. The molecule has 1 aromatic heterocycles. The molecule has 0 aromatic carbocycles. The molecule has 0 fully saturated rings. The molecule has 0 aliphatic heterocycles.